The highest BCUT2D eigenvalue weighted by atomic mass is 15.0. The van der Waals surface area contributed by atoms with Crippen molar-refractivity contribution in [2.45, 2.75) is 31.3 Å². The van der Waals surface area contributed by atoms with Gasteiger partial charge in [-0.1, -0.05) is 105 Å². The van der Waals surface area contributed by atoms with Crippen molar-refractivity contribution in [3.05, 3.63) is 108 Å². The van der Waals surface area contributed by atoms with Crippen molar-refractivity contribution in [3.63, 3.8) is 0 Å². The van der Waals surface area contributed by atoms with Gasteiger partial charge in [-0.15, -0.1) is 0 Å². The zero-order chi connectivity index (χ0) is 18.4. The van der Waals surface area contributed by atoms with Crippen LogP contribution in [0.2, 0.25) is 0 Å². The topological polar surface area (TPSA) is 35.8 Å². The van der Waals surface area contributed by atoms with Crippen LogP contribution in [-0.2, 0) is 5.41 Å². The van der Waals surface area contributed by atoms with Gasteiger partial charge in [-0.3, -0.25) is 5.32 Å². The molecule has 0 fully saturated rings. The third kappa shape index (κ3) is 3.85. The summed E-state index contributed by atoms with van der Waals surface area (Å²) < 4.78 is 0. The molecule has 0 aromatic heterocycles. The minimum absolute atomic E-state index is 0.0370. The smallest absolute Gasteiger partial charge is 0.105 e. The van der Waals surface area contributed by atoms with Crippen LogP contribution >= 0.6 is 0 Å². The Morgan fingerprint density at radius 2 is 1.15 bits per heavy atom. The average molecular weight is 340 g/mol. The van der Waals surface area contributed by atoms with Gasteiger partial charge in [0.25, 0.3) is 0 Å². The first-order valence-corrected chi connectivity index (χ1v) is 8.94. The maximum absolute atomic E-state index is 9.95. The Kier molecular flexibility index (Phi) is 5.51. The Balaban J connectivity index is 1.96. The first-order chi connectivity index (χ1) is 12.6. The van der Waals surface area contributed by atoms with E-state index in [0.717, 1.165) is 16.7 Å². The molecular weight excluding hydrogens is 316 g/mol. The summed E-state index contributed by atoms with van der Waals surface area (Å²) >= 11 is 0. The number of nitrogens with zero attached hydrogens (tertiary/aromatic N) is 1. The van der Waals surface area contributed by atoms with Crippen molar-refractivity contribution in [2.24, 2.45) is 0 Å². The van der Waals surface area contributed by atoms with E-state index in [-0.39, 0.29) is 17.5 Å². The Bertz CT molecular complexity index is 809. The van der Waals surface area contributed by atoms with E-state index in [1.165, 1.54) is 0 Å². The quantitative estimate of drug-likeness (QED) is 0.666. The maximum Gasteiger partial charge on any atom is 0.105 e. The second-order valence-corrected chi connectivity index (χ2v) is 7.07. The molecule has 0 bridgehead atoms. The molecule has 0 unspecified atom stereocenters. The summed E-state index contributed by atoms with van der Waals surface area (Å²) in [6.45, 7) is 4.24. The molecule has 3 rings (SSSR count). The normalized spacial score (nSPS) is 12.5. The van der Waals surface area contributed by atoms with E-state index in [0.29, 0.717) is 0 Å². The number of nitrogens with one attached hydrogen (secondary N) is 1. The molecule has 3 aromatic carbocycles. The summed E-state index contributed by atoms with van der Waals surface area (Å²) in [4.78, 5) is 0. The number of hydrogen-bond donors (Lipinski definition) is 1. The Hall–Kier alpha value is -2.89. The van der Waals surface area contributed by atoms with E-state index in [1.807, 2.05) is 54.6 Å². The van der Waals surface area contributed by atoms with E-state index in [2.05, 4.69) is 61.6 Å². The van der Waals surface area contributed by atoms with Gasteiger partial charge in [-0.2, -0.15) is 5.26 Å². The summed E-state index contributed by atoms with van der Waals surface area (Å²) in [6.07, 6.45) is 0. The van der Waals surface area contributed by atoms with Gasteiger partial charge in [0.1, 0.15) is 6.04 Å². The van der Waals surface area contributed by atoms with Crippen LogP contribution in [0, 0.1) is 11.3 Å². The third-order valence-electron chi connectivity index (χ3n) is 4.97. The maximum atomic E-state index is 9.95. The second kappa shape index (κ2) is 7.99. The van der Waals surface area contributed by atoms with Crippen LogP contribution in [0.25, 0.3) is 0 Å². The zero-order valence-electron chi connectivity index (χ0n) is 15.3. The highest BCUT2D eigenvalue weighted by Gasteiger charge is 2.33. The van der Waals surface area contributed by atoms with E-state index in [1.54, 1.807) is 0 Å². The molecule has 130 valence electrons. The number of nitriles is 1. The zero-order valence-corrected chi connectivity index (χ0v) is 15.3. The van der Waals surface area contributed by atoms with Gasteiger partial charge in [-0.05, 0) is 16.7 Å². The van der Waals surface area contributed by atoms with Crippen molar-refractivity contribution in [1.29, 1.82) is 5.26 Å². The van der Waals surface area contributed by atoms with Gasteiger partial charge in [0.2, 0.25) is 0 Å². The van der Waals surface area contributed by atoms with Crippen LogP contribution in [0.15, 0.2) is 91.0 Å². The second-order valence-electron chi connectivity index (χ2n) is 7.07. The minimum atomic E-state index is -0.338. The number of benzene rings is 3. The lowest BCUT2D eigenvalue weighted by Crippen LogP contribution is -2.45. The molecular formula is C24H24N2. The molecule has 0 aliphatic carbocycles. The highest BCUT2D eigenvalue weighted by molar-refractivity contribution is 5.34. The molecule has 0 aliphatic rings. The van der Waals surface area contributed by atoms with Gasteiger partial charge in [0.15, 0.2) is 0 Å². The van der Waals surface area contributed by atoms with Crippen molar-refractivity contribution in [2.75, 3.05) is 0 Å². The summed E-state index contributed by atoms with van der Waals surface area (Å²) in [5.41, 5.74) is 3.14. The third-order valence-corrected chi connectivity index (χ3v) is 4.97. The fourth-order valence-corrected chi connectivity index (χ4v) is 3.28. The molecule has 1 atom stereocenters. The van der Waals surface area contributed by atoms with Crippen LogP contribution < -0.4 is 5.32 Å². The molecule has 0 aliphatic heterocycles. The van der Waals surface area contributed by atoms with Crippen LogP contribution in [-0.4, -0.2) is 6.04 Å². The highest BCUT2D eigenvalue weighted by Crippen LogP contribution is 2.30. The van der Waals surface area contributed by atoms with E-state index < -0.39 is 0 Å². The molecule has 0 spiro atoms. The molecule has 0 saturated heterocycles. The van der Waals surface area contributed by atoms with Gasteiger partial charge in [0, 0.05) is 5.41 Å². The van der Waals surface area contributed by atoms with E-state index in [9.17, 15) is 5.26 Å². The Labute approximate surface area is 156 Å². The Morgan fingerprint density at radius 3 is 1.58 bits per heavy atom. The van der Waals surface area contributed by atoms with Crippen LogP contribution in [0.5, 0.6) is 0 Å². The predicted molar refractivity (Wildman–Crippen MR) is 107 cm³/mol. The van der Waals surface area contributed by atoms with Gasteiger partial charge in [0.05, 0.1) is 12.1 Å². The molecule has 1 N–H and O–H groups in total. The molecule has 0 amide bonds. The van der Waals surface area contributed by atoms with Crippen LogP contribution in [0.4, 0.5) is 0 Å². The summed E-state index contributed by atoms with van der Waals surface area (Å²) in [5, 5.41) is 13.6. The molecule has 2 heteroatoms. The van der Waals surface area contributed by atoms with Crippen molar-refractivity contribution >= 4 is 0 Å². The van der Waals surface area contributed by atoms with E-state index in [4.69, 9.17) is 0 Å². The van der Waals surface area contributed by atoms with E-state index >= 15 is 0 Å². The summed E-state index contributed by atoms with van der Waals surface area (Å²) in [7, 11) is 0. The SMILES string of the molecule is CC(C)(c1ccccc1)[C@H](C#N)NC(c1ccccc1)c1ccccc1. The predicted octanol–water partition coefficient (Wildman–Crippen LogP) is 5.24. The Morgan fingerprint density at radius 1 is 0.731 bits per heavy atom. The monoisotopic (exact) mass is 340 g/mol. The van der Waals surface area contributed by atoms with Gasteiger partial charge >= 0.3 is 0 Å². The van der Waals surface area contributed by atoms with Crippen LogP contribution in [0.1, 0.15) is 36.6 Å². The number of hydrogen-bond acceptors (Lipinski definition) is 2. The van der Waals surface area contributed by atoms with Crippen molar-refractivity contribution < 1.29 is 0 Å². The largest absolute Gasteiger partial charge is 0.290 e. The summed E-state index contributed by atoms with van der Waals surface area (Å²) in [5.74, 6) is 0. The summed E-state index contributed by atoms with van der Waals surface area (Å²) in [6, 6.07) is 33.0. The molecule has 0 heterocycles. The molecule has 2 nitrogen and oxygen atoms in total. The van der Waals surface area contributed by atoms with Crippen LogP contribution in [0.3, 0.4) is 0 Å². The lowest BCUT2D eigenvalue weighted by molar-refractivity contribution is 0.380. The molecule has 26 heavy (non-hydrogen) atoms. The number of rotatable bonds is 6. The molecule has 0 radical (unpaired) electrons. The first kappa shape index (κ1) is 17.9. The van der Waals surface area contributed by atoms with Crippen molar-refractivity contribution in [1.82, 2.24) is 5.32 Å². The first-order valence-electron chi connectivity index (χ1n) is 8.94. The molecule has 0 saturated carbocycles. The minimum Gasteiger partial charge on any atom is -0.290 e. The molecule has 3 aromatic rings. The lowest BCUT2D eigenvalue weighted by atomic mass is 9.77. The van der Waals surface area contributed by atoms with Gasteiger partial charge in [-0.25, -0.2) is 0 Å². The van der Waals surface area contributed by atoms with Gasteiger partial charge < -0.3 is 0 Å². The fraction of sp³-hybridized carbons (Fsp3) is 0.208. The average Bonchev–Trinajstić information content (AvgIpc) is 2.70. The van der Waals surface area contributed by atoms with Crippen molar-refractivity contribution in [3.8, 4) is 6.07 Å². The fourth-order valence-electron chi connectivity index (χ4n) is 3.28. The standard InChI is InChI=1S/C24H24N2/c1-24(2,21-16-10-5-11-17-21)22(18-25)26-23(19-12-6-3-7-13-19)20-14-8-4-9-15-20/h3-17,22-23,26H,1-2H3/t22-/m0/s1. The lowest BCUT2D eigenvalue weighted by Gasteiger charge is -2.34.